The summed E-state index contributed by atoms with van der Waals surface area (Å²) in [6.45, 7) is 7.24. The van der Waals surface area contributed by atoms with Gasteiger partial charge >= 0.3 is 0 Å². The van der Waals surface area contributed by atoms with Gasteiger partial charge in [0.2, 0.25) is 6.71 Å². The van der Waals surface area contributed by atoms with Crippen LogP contribution in [0.4, 0.5) is 0 Å². The van der Waals surface area contributed by atoms with Crippen molar-refractivity contribution in [3.8, 4) is 5.69 Å². The van der Waals surface area contributed by atoms with Gasteiger partial charge in [-0.25, -0.2) is 0 Å². The van der Waals surface area contributed by atoms with Gasteiger partial charge in [-0.05, 0) is 58.9 Å². The summed E-state index contributed by atoms with van der Waals surface area (Å²) in [4.78, 5) is 5.57. The minimum Gasteiger partial charge on any atom is -0.309 e. The first kappa shape index (κ1) is 22.6. The zero-order valence-electron chi connectivity index (χ0n) is 21.7. The molecule has 0 bridgehead atoms. The van der Waals surface area contributed by atoms with Gasteiger partial charge in [0.15, 0.2) is 0 Å². The van der Waals surface area contributed by atoms with Gasteiger partial charge < -0.3 is 4.57 Å². The minimum atomic E-state index is 0.101. The van der Waals surface area contributed by atoms with Crippen LogP contribution in [-0.2, 0) is 5.41 Å². The smallest absolute Gasteiger partial charge is 0.247 e. The number of hydrogen-bond donors (Lipinski definition) is 0. The second-order valence-electron chi connectivity index (χ2n) is 11.4. The molecular weight excluding hydrogens is 497 g/mol. The predicted molar refractivity (Wildman–Crippen MR) is 165 cm³/mol. The van der Waals surface area contributed by atoms with E-state index in [1.807, 2.05) is 23.5 Å². The Bertz CT molecular complexity index is 1870. The maximum Gasteiger partial charge on any atom is 0.247 e. The Hall–Kier alpha value is -3.34. The summed E-state index contributed by atoms with van der Waals surface area (Å²) < 4.78 is 2.43. The second kappa shape index (κ2) is 8.08. The summed E-state index contributed by atoms with van der Waals surface area (Å²) in [5.41, 5.74) is 9.59. The molecule has 6 aromatic rings. The number of rotatable bonds is 1. The Morgan fingerprint density at radius 2 is 1.16 bits per heavy atom. The number of benzene rings is 5. The lowest BCUT2D eigenvalue weighted by Crippen LogP contribution is -2.58. The maximum atomic E-state index is 2.46. The van der Waals surface area contributed by atoms with Crippen molar-refractivity contribution in [2.24, 2.45) is 0 Å². The molecule has 38 heavy (non-hydrogen) atoms. The Kier molecular flexibility index (Phi) is 4.81. The predicted octanol–water partition coefficient (Wildman–Crippen LogP) is 7.53. The van der Waals surface area contributed by atoms with Crippen molar-refractivity contribution in [2.75, 3.05) is 0 Å². The Labute approximate surface area is 232 Å². The van der Waals surface area contributed by atoms with Crippen LogP contribution in [0.15, 0.2) is 123 Å². The zero-order valence-corrected chi connectivity index (χ0v) is 23.3. The summed E-state index contributed by atoms with van der Waals surface area (Å²) in [7, 11) is 0. The van der Waals surface area contributed by atoms with Crippen LogP contribution in [-0.4, -0.2) is 11.3 Å². The lowest BCUT2D eigenvalue weighted by Gasteiger charge is -2.34. The van der Waals surface area contributed by atoms with E-state index in [0.29, 0.717) is 0 Å². The summed E-state index contributed by atoms with van der Waals surface area (Å²) >= 11 is 3.89. The lowest BCUT2D eigenvalue weighted by atomic mass is 9.36. The van der Waals surface area contributed by atoms with Crippen LogP contribution in [0.25, 0.3) is 27.5 Å². The van der Waals surface area contributed by atoms with Crippen molar-refractivity contribution in [1.29, 1.82) is 0 Å². The largest absolute Gasteiger partial charge is 0.309 e. The van der Waals surface area contributed by atoms with Gasteiger partial charge in [0, 0.05) is 36.0 Å². The molecule has 0 atom stereocenters. The molecule has 2 aliphatic rings. The summed E-state index contributed by atoms with van der Waals surface area (Å²) in [6.07, 6.45) is 0. The molecule has 0 saturated carbocycles. The fourth-order valence-electron chi connectivity index (χ4n) is 6.20. The molecule has 0 spiro atoms. The first-order valence-electron chi connectivity index (χ1n) is 13.2. The van der Waals surface area contributed by atoms with Gasteiger partial charge in [-0.15, -0.1) is 0 Å². The first-order chi connectivity index (χ1) is 18.5. The molecule has 0 radical (unpaired) electrons. The highest BCUT2D eigenvalue weighted by molar-refractivity contribution is 8.01. The summed E-state index contributed by atoms with van der Waals surface area (Å²) in [6, 6.07) is 38.6. The number of nitrogens with zero attached hydrogens (tertiary/aromatic N) is 1. The van der Waals surface area contributed by atoms with E-state index in [1.54, 1.807) is 0 Å². The van der Waals surface area contributed by atoms with Crippen LogP contribution in [0, 0.1) is 0 Å². The van der Waals surface area contributed by atoms with Crippen molar-refractivity contribution in [1.82, 2.24) is 4.57 Å². The molecule has 0 N–H and O–H groups in total. The van der Waals surface area contributed by atoms with Gasteiger partial charge in [0.05, 0.1) is 11.0 Å². The molecule has 182 valence electrons. The van der Waals surface area contributed by atoms with Gasteiger partial charge in [-0.3, -0.25) is 0 Å². The molecule has 0 amide bonds. The van der Waals surface area contributed by atoms with E-state index in [2.05, 4.69) is 128 Å². The molecular formula is C34H26BNS2. The zero-order chi connectivity index (χ0) is 25.6. The molecule has 0 aliphatic carbocycles. The summed E-state index contributed by atoms with van der Waals surface area (Å²) in [5, 5.41) is 2.60. The Morgan fingerprint density at radius 1 is 0.579 bits per heavy atom. The lowest BCUT2D eigenvalue weighted by molar-refractivity contribution is 0.587. The van der Waals surface area contributed by atoms with Gasteiger partial charge in [-0.1, -0.05) is 116 Å². The van der Waals surface area contributed by atoms with E-state index in [9.17, 15) is 0 Å². The van der Waals surface area contributed by atoms with Crippen LogP contribution in [0.1, 0.15) is 26.3 Å². The third kappa shape index (κ3) is 3.23. The van der Waals surface area contributed by atoms with Crippen molar-refractivity contribution in [3.05, 3.63) is 109 Å². The molecule has 5 aromatic carbocycles. The number of para-hydroxylation sites is 2. The normalized spacial score (nSPS) is 13.9. The molecule has 1 aromatic heterocycles. The molecule has 3 heterocycles. The standard InChI is InChI=1S/C34H26BNS2/c1-34(2,3)21-18-31-33-32(19-21)38-30-20-22(16-17-26(30)35(33)25-12-6-9-15-29(25)37-31)36-27-13-7-4-10-23(27)24-11-5-8-14-28(24)36/h4-20H,1-3H3. The highest BCUT2D eigenvalue weighted by Gasteiger charge is 2.39. The molecule has 2 aliphatic heterocycles. The van der Waals surface area contributed by atoms with Crippen molar-refractivity contribution < 1.29 is 0 Å². The Morgan fingerprint density at radius 3 is 1.84 bits per heavy atom. The number of hydrogen-bond acceptors (Lipinski definition) is 2. The highest BCUT2D eigenvalue weighted by Crippen LogP contribution is 2.42. The monoisotopic (exact) mass is 523 g/mol. The van der Waals surface area contributed by atoms with E-state index >= 15 is 0 Å². The van der Waals surface area contributed by atoms with E-state index in [-0.39, 0.29) is 12.1 Å². The molecule has 0 fully saturated rings. The molecule has 1 nitrogen and oxygen atoms in total. The quantitative estimate of drug-likeness (QED) is 0.205. The average Bonchev–Trinajstić information content (AvgIpc) is 3.26. The van der Waals surface area contributed by atoms with Gasteiger partial charge in [0.25, 0.3) is 0 Å². The molecule has 0 saturated heterocycles. The van der Waals surface area contributed by atoms with Crippen LogP contribution >= 0.6 is 23.5 Å². The van der Waals surface area contributed by atoms with Crippen LogP contribution < -0.4 is 16.4 Å². The topological polar surface area (TPSA) is 4.93 Å². The van der Waals surface area contributed by atoms with E-state index in [0.717, 1.165) is 0 Å². The third-order valence-electron chi connectivity index (χ3n) is 8.08. The SMILES string of the molecule is CC(C)(C)c1cc2c3c(c1)Sc1cc(-n4c5ccccc5c5ccccc54)ccc1B3c1ccccc1S2. The third-order valence-corrected chi connectivity index (χ3v) is 10.4. The fraction of sp³-hybridized carbons (Fsp3) is 0.118. The van der Waals surface area contributed by atoms with Crippen molar-refractivity contribution in [3.63, 3.8) is 0 Å². The molecule has 4 heteroatoms. The molecule has 0 unspecified atom stereocenters. The molecule has 8 rings (SSSR count). The van der Waals surface area contributed by atoms with Crippen molar-refractivity contribution >= 4 is 68.4 Å². The minimum absolute atomic E-state index is 0.101. The van der Waals surface area contributed by atoms with Crippen LogP contribution in [0.2, 0.25) is 0 Å². The van der Waals surface area contributed by atoms with Gasteiger partial charge in [-0.2, -0.15) is 0 Å². The average molecular weight is 524 g/mol. The second-order valence-corrected chi connectivity index (χ2v) is 13.6. The fourth-order valence-corrected chi connectivity index (χ4v) is 8.72. The maximum absolute atomic E-state index is 2.46. The van der Waals surface area contributed by atoms with Crippen molar-refractivity contribution in [2.45, 2.75) is 45.8 Å². The van der Waals surface area contributed by atoms with E-state index in [4.69, 9.17) is 0 Å². The van der Waals surface area contributed by atoms with Crippen LogP contribution in [0.3, 0.4) is 0 Å². The first-order valence-corrected chi connectivity index (χ1v) is 14.9. The van der Waals surface area contributed by atoms with Crippen LogP contribution in [0.5, 0.6) is 0 Å². The highest BCUT2D eigenvalue weighted by atomic mass is 32.2. The number of aromatic nitrogens is 1. The Balaban J connectivity index is 1.38. The number of fused-ring (bicyclic) bond motifs is 7. The van der Waals surface area contributed by atoms with E-state index in [1.165, 1.54) is 69.0 Å². The summed E-state index contributed by atoms with van der Waals surface area (Å²) in [5.74, 6) is 0. The van der Waals surface area contributed by atoms with E-state index < -0.39 is 0 Å². The van der Waals surface area contributed by atoms with Gasteiger partial charge in [0.1, 0.15) is 0 Å².